The molecule has 2 aromatic rings. The minimum Gasteiger partial charge on any atom is -0.294 e. The van der Waals surface area contributed by atoms with Gasteiger partial charge in [0.25, 0.3) is 0 Å². The predicted octanol–water partition coefficient (Wildman–Crippen LogP) is 4.39. The molecule has 0 radical (unpaired) electrons. The van der Waals surface area contributed by atoms with E-state index in [1.54, 1.807) is 12.1 Å². The zero-order valence-electron chi connectivity index (χ0n) is 12.5. The number of nitriles is 2. The molecule has 2 aromatic carbocycles. The van der Waals surface area contributed by atoms with Crippen molar-refractivity contribution in [3.63, 3.8) is 0 Å². The second-order valence-electron chi connectivity index (χ2n) is 5.83. The lowest BCUT2D eigenvalue weighted by molar-refractivity contribution is 0.0958. The summed E-state index contributed by atoms with van der Waals surface area (Å²) in [6, 6.07) is 18.9. The number of Topliss-reactive ketones (excluding diaryl/α,β-unsaturated/α-hetero) is 1. The number of carbonyl (C=O) groups is 1. The van der Waals surface area contributed by atoms with Crippen LogP contribution in [0.1, 0.15) is 27.4 Å². The van der Waals surface area contributed by atoms with E-state index >= 15 is 0 Å². The Labute approximate surface area is 143 Å². The summed E-state index contributed by atoms with van der Waals surface area (Å²) >= 11 is 3.37. The van der Waals surface area contributed by atoms with Crippen molar-refractivity contribution >= 4 is 21.7 Å². The zero-order chi connectivity index (χ0) is 16.6. The molecule has 4 heteroatoms. The molecule has 23 heavy (non-hydrogen) atoms. The molecule has 0 aromatic heterocycles. The summed E-state index contributed by atoms with van der Waals surface area (Å²) in [5.41, 5.74) is 1.20. The molecule has 0 saturated heterocycles. The van der Waals surface area contributed by atoms with Gasteiger partial charge in [-0.3, -0.25) is 4.79 Å². The van der Waals surface area contributed by atoms with Gasteiger partial charge in [0.1, 0.15) is 0 Å². The van der Waals surface area contributed by atoms with E-state index < -0.39 is 11.3 Å². The average Bonchev–Trinajstić information content (AvgIpc) is 3.25. The monoisotopic (exact) mass is 364 g/mol. The third-order valence-electron chi connectivity index (χ3n) is 4.42. The minimum absolute atomic E-state index is 0.138. The van der Waals surface area contributed by atoms with Crippen molar-refractivity contribution in [2.75, 3.05) is 0 Å². The lowest BCUT2D eigenvalue weighted by Gasteiger charge is -2.01. The van der Waals surface area contributed by atoms with Crippen molar-refractivity contribution in [3.05, 3.63) is 69.7 Å². The maximum Gasteiger partial charge on any atom is 0.169 e. The molecule has 0 N–H and O–H groups in total. The Morgan fingerprint density at radius 2 is 1.61 bits per heavy atom. The second-order valence-corrected chi connectivity index (χ2v) is 6.75. The van der Waals surface area contributed by atoms with Gasteiger partial charge in [-0.2, -0.15) is 10.5 Å². The van der Waals surface area contributed by atoms with Crippen LogP contribution in [0.2, 0.25) is 0 Å². The van der Waals surface area contributed by atoms with Gasteiger partial charge in [-0.05, 0) is 24.6 Å². The number of halogens is 1. The van der Waals surface area contributed by atoms with Crippen molar-refractivity contribution in [2.24, 2.45) is 11.3 Å². The lowest BCUT2D eigenvalue weighted by Crippen LogP contribution is -2.08. The highest BCUT2D eigenvalue weighted by Gasteiger charge is 2.70. The van der Waals surface area contributed by atoms with Gasteiger partial charge in [0.05, 0.1) is 18.1 Å². The Hall–Kier alpha value is -2.43. The number of rotatable bonds is 3. The van der Waals surface area contributed by atoms with E-state index in [4.69, 9.17) is 0 Å². The van der Waals surface area contributed by atoms with Gasteiger partial charge in [0.15, 0.2) is 11.2 Å². The Morgan fingerprint density at radius 1 is 1.04 bits per heavy atom. The molecule has 3 rings (SSSR count). The zero-order valence-corrected chi connectivity index (χ0v) is 14.0. The number of aryl methyl sites for hydroxylation is 1. The molecule has 3 nitrogen and oxygen atoms in total. The third-order valence-corrected chi connectivity index (χ3v) is 4.95. The summed E-state index contributed by atoms with van der Waals surface area (Å²) < 4.78 is 0.919. The topological polar surface area (TPSA) is 64.7 Å². The highest BCUT2D eigenvalue weighted by molar-refractivity contribution is 9.10. The van der Waals surface area contributed by atoms with Crippen molar-refractivity contribution in [2.45, 2.75) is 12.8 Å². The number of benzene rings is 2. The number of hydrogen-bond acceptors (Lipinski definition) is 3. The van der Waals surface area contributed by atoms with Gasteiger partial charge in [-0.15, -0.1) is 0 Å². The van der Waals surface area contributed by atoms with Gasteiger partial charge in [-0.1, -0.05) is 57.9 Å². The third kappa shape index (κ3) is 2.46. The fourth-order valence-electron chi connectivity index (χ4n) is 3.07. The molecular formula is C19H13BrN2O. The van der Waals surface area contributed by atoms with Crippen molar-refractivity contribution in [1.82, 2.24) is 0 Å². The predicted molar refractivity (Wildman–Crippen MR) is 89.5 cm³/mol. The van der Waals surface area contributed by atoms with Crippen LogP contribution in [0, 0.1) is 40.9 Å². The molecule has 1 fully saturated rings. The van der Waals surface area contributed by atoms with E-state index in [1.807, 2.05) is 43.3 Å². The maximum absolute atomic E-state index is 12.8. The van der Waals surface area contributed by atoms with E-state index in [1.165, 1.54) is 0 Å². The van der Waals surface area contributed by atoms with Crippen LogP contribution in [-0.2, 0) is 0 Å². The van der Waals surface area contributed by atoms with Crippen LogP contribution >= 0.6 is 15.9 Å². The number of ketones is 1. The molecule has 0 amide bonds. The molecule has 112 valence electrons. The Balaban J connectivity index is 1.99. The largest absolute Gasteiger partial charge is 0.294 e. The number of hydrogen-bond donors (Lipinski definition) is 0. The van der Waals surface area contributed by atoms with Crippen LogP contribution < -0.4 is 0 Å². The van der Waals surface area contributed by atoms with Crippen LogP contribution in [0.5, 0.6) is 0 Å². The first-order valence-corrected chi connectivity index (χ1v) is 8.01. The van der Waals surface area contributed by atoms with Gasteiger partial charge in [0, 0.05) is 16.0 Å². The number of carbonyl (C=O) groups excluding carboxylic acids is 1. The Kier molecular flexibility index (Phi) is 3.80. The van der Waals surface area contributed by atoms with Crippen molar-refractivity contribution in [3.8, 4) is 12.1 Å². The quantitative estimate of drug-likeness (QED) is 0.758. The molecule has 2 atom stereocenters. The first-order chi connectivity index (χ1) is 11.0. The normalized spacial score (nSPS) is 21.0. The first kappa shape index (κ1) is 15.5. The lowest BCUT2D eigenvalue weighted by atomic mass is 10.00. The van der Waals surface area contributed by atoms with Crippen LogP contribution in [0.15, 0.2) is 53.0 Å². The van der Waals surface area contributed by atoms with Crippen LogP contribution in [-0.4, -0.2) is 5.78 Å². The van der Waals surface area contributed by atoms with Gasteiger partial charge >= 0.3 is 0 Å². The summed E-state index contributed by atoms with van der Waals surface area (Å²) in [5.74, 6) is -1.12. The minimum atomic E-state index is -1.27. The van der Waals surface area contributed by atoms with Crippen LogP contribution in [0.4, 0.5) is 0 Å². The average molecular weight is 365 g/mol. The molecule has 0 heterocycles. The summed E-state index contributed by atoms with van der Waals surface area (Å²) in [7, 11) is 0. The van der Waals surface area contributed by atoms with Crippen molar-refractivity contribution < 1.29 is 4.79 Å². The summed E-state index contributed by atoms with van der Waals surface area (Å²) in [6.45, 7) is 1.95. The molecule has 0 bridgehead atoms. The molecule has 0 spiro atoms. The van der Waals surface area contributed by atoms with Gasteiger partial charge in [0.2, 0.25) is 0 Å². The molecule has 1 aliphatic rings. The SMILES string of the molecule is Cc1ccc(C(=O)C2C(c3ccc(Br)cc3)C2(C#N)C#N)cc1. The first-order valence-electron chi connectivity index (χ1n) is 7.22. The fourth-order valence-corrected chi connectivity index (χ4v) is 3.34. The summed E-state index contributed by atoms with van der Waals surface area (Å²) in [4.78, 5) is 12.8. The second kappa shape index (κ2) is 5.65. The van der Waals surface area contributed by atoms with Gasteiger partial charge in [-0.25, -0.2) is 0 Å². The highest BCUT2D eigenvalue weighted by atomic mass is 79.9. The van der Waals surface area contributed by atoms with E-state index in [2.05, 4.69) is 28.1 Å². The smallest absolute Gasteiger partial charge is 0.169 e. The standard InChI is InChI=1S/C19H13BrN2O/c1-12-2-4-14(5-3-12)18(23)17-16(19(17,10-21)11-22)13-6-8-15(20)9-7-13/h2-9,16-17H,1H3. The number of nitrogens with zero attached hydrogens (tertiary/aromatic N) is 2. The van der Waals surface area contributed by atoms with Crippen LogP contribution in [0.3, 0.4) is 0 Å². The van der Waals surface area contributed by atoms with E-state index in [-0.39, 0.29) is 11.7 Å². The van der Waals surface area contributed by atoms with E-state index in [0.717, 1.165) is 15.6 Å². The van der Waals surface area contributed by atoms with Crippen LogP contribution in [0.25, 0.3) is 0 Å². The van der Waals surface area contributed by atoms with Gasteiger partial charge < -0.3 is 0 Å². The fraction of sp³-hybridized carbons (Fsp3) is 0.211. The van der Waals surface area contributed by atoms with E-state index in [9.17, 15) is 15.3 Å². The molecule has 0 aliphatic heterocycles. The summed E-state index contributed by atoms with van der Waals surface area (Å²) in [6.07, 6.45) is 0. The molecular weight excluding hydrogens is 352 g/mol. The maximum atomic E-state index is 12.8. The van der Waals surface area contributed by atoms with E-state index in [0.29, 0.717) is 5.56 Å². The molecule has 2 unspecified atom stereocenters. The Morgan fingerprint density at radius 3 is 2.13 bits per heavy atom. The Bertz CT molecular complexity index is 827. The molecule has 1 aliphatic carbocycles. The highest BCUT2D eigenvalue weighted by Crippen LogP contribution is 2.65. The van der Waals surface area contributed by atoms with Crippen molar-refractivity contribution in [1.29, 1.82) is 10.5 Å². The molecule has 1 saturated carbocycles. The summed E-state index contributed by atoms with van der Waals surface area (Å²) in [5, 5.41) is 19.0.